The second-order valence-electron chi connectivity index (χ2n) is 9.60. The zero-order chi connectivity index (χ0) is 25.3. The standard InChI is InChI=1S/C29H55NO4/c1-3-5-7-9-11-13-14-15-16-18-19-21-23-27(32)26(25-31)30-29(34)28(33)24-22-20-17-12-10-8-6-4-2/h15-16,21,23,26-28,31-33H,3-14,17-20,22,24-25H2,1-2H3,(H,30,34)/b16-15+,23-21+. The molecule has 0 spiro atoms. The lowest BCUT2D eigenvalue weighted by atomic mass is 10.0. The molecule has 1 amide bonds. The Balaban J connectivity index is 3.94. The van der Waals surface area contributed by atoms with Crippen LogP contribution in [-0.2, 0) is 4.79 Å². The van der Waals surface area contributed by atoms with E-state index in [1.807, 2.05) is 6.08 Å². The Labute approximate surface area is 210 Å². The van der Waals surface area contributed by atoms with Crippen molar-refractivity contribution in [3.05, 3.63) is 24.3 Å². The smallest absolute Gasteiger partial charge is 0.249 e. The number of carbonyl (C=O) groups is 1. The minimum absolute atomic E-state index is 0.375. The number of unbranched alkanes of at least 4 members (excludes halogenated alkanes) is 14. The van der Waals surface area contributed by atoms with Gasteiger partial charge in [-0.25, -0.2) is 0 Å². The van der Waals surface area contributed by atoms with Crippen LogP contribution in [0.25, 0.3) is 0 Å². The number of hydrogen-bond acceptors (Lipinski definition) is 4. The largest absolute Gasteiger partial charge is 0.394 e. The first-order valence-electron chi connectivity index (χ1n) is 14.2. The highest BCUT2D eigenvalue weighted by Gasteiger charge is 2.22. The summed E-state index contributed by atoms with van der Waals surface area (Å²) in [7, 11) is 0. The van der Waals surface area contributed by atoms with E-state index in [0.717, 1.165) is 38.5 Å². The molecule has 0 aliphatic rings. The Bertz CT molecular complexity index is 506. The molecule has 200 valence electrons. The van der Waals surface area contributed by atoms with Crippen LogP contribution in [0, 0.1) is 0 Å². The van der Waals surface area contributed by atoms with Gasteiger partial charge in [-0.05, 0) is 32.1 Å². The summed E-state index contributed by atoms with van der Waals surface area (Å²) in [5.41, 5.74) is 0. The number of carbonyl (C=O) groups excluding carboxylic acids is 1. The van der Waals surface area contributed by atoms with Gasteiger partial charge >= 0.3 is 0 Å². The van der Waals surface area contributed by atoms with Crippen molar-refractivity contribution in [2.45, 2.75) is 148 Å². The summed E-state index contributed by atoms with van der Waals surface area (Å²) in [6.45, 7) is 4.07. The maximum absolute atomic E-state index is 12.2. The third-order valence-electron chi connectivity index (χ3n) is 6.29. The van der Waals surface area contributed by atoms with Gasteiger partial charge in [0.2, 0.25) is 5.91 Å². The summed E-state index contributed by atoms with van der Waals surface area (Å²) in [5, 5.41) is 32.5. The maximum atomic E-state index is 12.2. The first kappa shape index (κ1) is 32.8. The number of hydrogen-bond donors (Lipinski definition) is 4. The Morgan fingerprint density at radius 3 is 1.79 bits per heavy atom. The van der Waals surface area contributed by atoms with Gasteiger partial charge in [-0.1, -0.05) is 122 Å². The van der Waals surface area contributed by atoms with Crippen LogP contribution in [-0.4, -0.2) is 46.1 Å². The van der Waals surface area contributed by atoms with Gasteiger partial charge < -0.3 is 20.6 Å². The molecule has 5 heteroatoms. The first-order chi connectivity index (χ1) is 16.6. The molecule has 0 aliphatic heterocycles. The number of nitrogens with one attached hydrogen (secondary N) is 1. The second-order valence-corrected chi connectivity index (χ2v) is 9.60. The molecular weight excluding hydrogens is 426 g/mol. The predicted molar refractivity (Wildman–Crippen MR) is 144 cm³/mol. The third-order valence-corrected chi connectivity index (χ3v) is 6.29. The monoisotopic (exact) mass is 481 g/mol. The van der Waals surface area contributed by atoms with E-state index in [1.54, 1.807) is 6.08 Å². The Morgan fingerprint density at radius 1 is 0.706 bits per heavy atom. The van der Waals surface area contributed by atoms with Gasteiger partial charge in [-0.15, -0.1) is 0 Å². The van der Waals surface area contributed by atoms with Gasteiger partial charge in [0.05, 0.1) is 18.8 Å². The van der Waals surface area contributed by atoms with Crippen LogP contribution in [0.5, 0.6) is 0 Å². The highest BCUT2D eigenvalue weighted by molar-refractivity contribution is 5.80. The Kier molecular flexibility index (Phi) is 24.1. The topological polar surface area (TPSA) is 89.8 Å². The quantitative estimate of drug-likeness (QED) is 0.0954. The van der Waals surface area contributed by atoms with Crippen LogP contribution in [0.15, 0.2) is 24.3 Å². The normalized spacial score (nSPS) is 14.6. The molecule has 0 rings (SSSR count). The summed E-state index contributed by atoms with van der Waals surface area (Å²) >= 11 is 0. The predicted octanol–water partition coefficient (Wildman–Crippen LogP) is 6.36. The lowest BCUT2D eigenvalue weighted by molar-refractivity contribution is -0.131. The molecule has 0 heterocycles. The average Bonchev–Trinajstić information content (AvgIpc) is 2.84. The summed E-state index contributed by atoms with van der Waals surface area (Å²) in [4.78, 5) is 12.2. The highest BCUT2D eigenvalue weighted by Crippen LogP contribution is 2.11. The van der Waals surface area contributed by atoms with Gasteiger partial charge in [0.1, 0.15) is 6.10 Å². The van der Waals surface area contributed by atoms with Crippen LogP contribution in [0.4, 0.5) is 0 Å². The van der Waals surface area contributed by atoms with E-state index in [1.165, 1.54) is 70.6 Å². The van der Waals surface area contributed by atoms with Crippen LogP contribution in [0.2, 0.25) is 0 Å². The fourth-order valence-electron chi connectivity index (χ4n) is 3.96. The van der Waals surface area contributed by atoms with Crippen molar-refractivity contribution in [3.8, 4) is 0 Å². The van der Waals surface area contributed by atoms with Crippen molar-refractivity contribution in [1.82, 2.24) is 5.32 Å². The van der Waals surface area contributed by atoms with E-state index in [9.17, 15) is 20.1 Å². The highest BCUT2D eigenvalue weighted by atomic mass is 16.3. The van der Waals surface area contributed by atoms with E-state index in [2.05, 4.69) is 31.3 Å². The fraction of sp³-hybridized carbons (Fsp3) is 0.828. The van der Waals surface area contributed by atoms with Gasteiger partial charge in [0.15, 0.2) is 0 Å². The number of aliphatic hydroxyl groups excluding tert-OH is 3. The minimum atomic E-state index is -1.10. The molecule has 0 fully saturated rings. The minimum Gasteiger partial charge on any atom is -0.394 e. The molecule has 3 atom stereocenters. The number of allylic oxidation sites excluding steroid dienone is 3. The summed E-state index contributed by atoms with van der Waals surface area (Å²) in [6, 6.07) is -0.805. The van der Waals surface area contributed by atoms with Gasteiger partial charge in [0.25, 0.3) is 0 Å². The van der Waals surface area contributed by atoms with E-state index >= 15 is 0 Å². The van der Waals surface area contributed by atoms with Crippen molar-refractivity contribution in [2.75, 3.05) is 6.61 Å². The number of amides is 1. The molecule has 0 saturated carbocycles. The molecule has 0 aliphatic carbocycles. The molecule has 4 N–H and O–H groups in total. The van der Waals surface area contributed by atoms with Crippen molar-refractivity contribution in [1.29, 1.82) is 0 Å². The van der Waals surface area contributed by atoms with Crippen LogP contribution < -0.4 is 5.32 Å². The van der Waals surface area contributed by atoms with Gasteiger partial charge in [0, 0.05) is 0 Å². The molecular formula is C29H55NO4. The van der Waals surface area contributed by atoms with Crippen LogP contribution in [0.1, 0.15) is 129 Å². The maximum Gasteiger partial charge on any atom is 0.249 e. The summed E-state index contributed by atoms with van der Waals surface area (Å²) < 4.78 is 0. The number of rotatable bonds is 24. The molecule has 0 aromatic carbocycles. The molecule has 0 bridgehead atoms. The molecule has 0 aromatic rings. The molecule has 0 radical (unpaired) electrons. The SMILES string of the molecule is CCCCCCCC/C=C/CC/C=C/C(O)C(CO)NC(=O)C(O)CCCCCCCCCC. The van der Waals surface area contributed by atoms with Gasteiger partial charge in [-0.3, -0.25) is 4.79 Å². The zero-order valence-corrected chi connectivity index (χ0v) is 22.2. The molecule has 3 unspecified atom stereocenters. The van der Waals surface area contributed by atoms with Crippen molar-refractivity contribution in [2.24, 2.45) is 0 Å². The van der Waals surface area contributed by atoms with Crippen molar-refractivity contribution < 1.29 is 20.1 Å². The lowest BCUT2D eigenvalue weighted by Gasteiger charge is -2.21. The lowest BCUT2D eigenvalue weighted by Crippen LogP contribution is -2.48. The second kappa shape index (κ2) is 24.9. The molecule has 34 heavy (non-hydrogen) atoms. The van der Waals surface area contributed by atoms with Crippen LogP contribution in [0.3, 0.4) is 0 Å². The van der Waals surface area contributed by atoms with E-state index < -0.39 is 24.2 Å². The Hall–Kier alpha value is -1.17. The van der Waals surface area contributed by atoms with E-state index in [4.69, 9.17) is 0 Å². The van der Waals surface area contributed by atoms with Gasteiger partial charge in [-0.2, -0.15) is 0 Å². The van der Waals surface area contributed by atoms with E-state index in [-0.39, 0.29) is 6.61 Å². The molecule has 0 aromatic heterocycles. The van der Waals surface area contributed by atoms with E-state index in [0.29, 0.717) is 6.42 Å². The zero-order valence-electron chi connectivity index (χ0n) is 22.2. The van der Waals surface area contributed by atoms with Crippen LogP contribution >= 0.6 is 0 Å². The summed E-state index contributed by atoms with van der Waals surface area (Å²) in [5.74, 6) is -0.521. The third kappa shape index (κ3) is 20.2. The average molecular weight is 482 g/mol. The van der Waals surface area contributed by atoms with Crippen molar-refractivity contribution in [3.63, 3.8) is 0 Å². The summed E-state index contributed by atoms with van der Waals surface area (Å²) in [6.07, 6.45) is 26.2. The Morgan fingerprint density at radius 2 is 1.21 bits per heavy atom. The fourth-order valence-corrected chi connectivity index (χ4v) is 3.96. The molecule has 0 saturated heterocycles. The number of aliphatic hydroxyl groups is 3. The first-order valence-corrected chi connectivity index (χ1v) is 14.2. The van der Waals surface area contributed by atoms with Crippen molar-refractivity contribution >= 4 is 5.91 Å². The molecule has 5 nitrogen and oxygen atoms in total.